The van der Waals surface area contributed by atoms with Gasteiger partial charge in [0.2, 0.25) is 0 Å². The molecule has 0 aromatic heterocycles. The SMILES string of the molecule is c1ccc(P(Oc2ccc(-c3ccc(OP(c4ccccc4)c4ccccc4)cc3)cc2)c2ccccc2)cc1. The average molecular weight is 555 g/mol. The van der Waals surface area contributed by atoms with Gasteiger partial charge < -0.3 is 9.05 Å². The third kappa shape index (κ3) is 6.32. The van der Waals surface area contributed by atoms with Crippen LogP contribution in [-0.2, 0) is 0 Å². The fourth-order valence-corrected chi connectivity index (χ4v) is 7.84. The molecule has 0 fully saturated rings. The van der Waals surface area contributed by atoms with E-state index >= 15 is 0 Å². The lowest BCUT2D eigenvalue weighted by Gasteiger charge is -2.20. The van der Waals surface area contributed by atoms with Crippen molar-refractivity contribution in [1.29, 1.82) is 0 Å². The summed E-state index contributed by atoms with van der Waals surface area (Å²) in [6.07, 6.45) is 0. The van der Waals surface area contributed by atoms with Crippen molar-refractivity contribution in [2.24, 2.45) is 0 Å². The molecule has 0 N–H and O–H groups in total. The van der Waals surface area contributed by atoms with E-state index < -0.39 is 16.3 Å². The minimum atomic E-state index is -0.957. The van der Waals surface area contributed by atoms with Crippen molar-refractivity contribution >= 4 is 37.5 Å². The van der Waals surface area contributed by atoms with Crippen LogP contribution in [0.5, 0.6) is 11.5 Å². The molecule has 0 unspecified atom stereocenters. The van der Waals surface area contributed by atoms with Gasteiger partial charge in [-0.2, -0.15) is 0 Å². The highest BCUT2D eigenvalue weighted by molar-refractivity contribution is 7.69. The summed E-state index contributed by atoms with van der Waals surface area (Å²) in [7, 11) is -1.91. The van der Waals surface area contributed by atoms with Crippen molar-refractivity contribution in [2.45, 2.75) is 0 Å². The predicted octanol–water partition coefficient (Wildman–Crippen LogP) is 8.21. The lowest BCUT2D eigenvalue weighted by molar-refractivity contribution is 0.629. The first kappa shape index (κ1) is 26.0. The first-order valence-corrected chi connectivity index (χ1v) is 15.7. The Morgan fingerprint density at radius 1 is 0.275 bits per heavy atom. The van der Waals surface area contributed by atoms with E-state index in [0.29, 0.717) is 0 Å². The average Bonchev–Trinajstić information content (AvgIpc) is 3.05. The van der Waals surface area contributed by atoms with E-state index in [2.05, 4.69) is 146 Å². The maximum absolute atomic E-state index is 6.57. The van der Waals surface area contributed by atoms with Crippen molar-refractivity contribution in [2.75, 3.05) is 0 Å². The molecule has 40 heavy (non-hydrogen) atoms. The molecule has 0 saturated carbocycles. The summed E-state index contributed by atoms with van der Waals surface area (Å²) in [6.45, 7) is 0. The van der Waals surface area contributed by atoms with Gasteiger partial charge in [0, 0.05) is 21.2 Å². The summed E-state index contributed by atoms with van der Waals surface area (Å²) in [6, 6.07) is 58.5. The summed E-state index contributed by atoms with van der Waals surface area (Å²) < 4.78 is 13.1. The maximum Gasteiger partial charge on any atom is 0.150 e. The van der Waals surface area contributed by atoms with Gasteiger partial charge in [-0.1, -0.05) is 146 Å². The lowest BCUT2D eigenvalue weighted by atomic mass is 10.1. The summed E-state index contributed by atoms with van der Waals surface area (Å²) in [5, 5.41) is 4.76. The van der Waals surface area contributed by atoms with Crippen LogP contribution in [0.15, 0.2) is 170 Å². The minimum absolute atomic E-state index is 0.860. The van der Waals surface area contributed by atoms with E-state index in [-0.39, 0.29) is 0 Å². The molecule has 6 rings (SSSR count). The second kappa shape index (κ2) is 12.8. The quantitative estimate of drug-likeness (QED) is 0.168. The second-order valence-corrected chi connectivity index (χ2v) is 12.8. The topological polar surface area (TPSA) is 18.5 Å². The van der Waals surface area contributed by atoms with E-state index in [9.17, 15) is 0 Å². The van der Waals surface area contributed by atoms with Crippen LogP contribution in [0, 0.1) is 0 Å². The second-order valence-electron chi connectivity index (χ2n) is 9.16. The Morgan fingerprint density at radius 3 is 0.775 bits per heavy atom. The molecule has 0 bridgehead atoms. The molecule has 0 aliphatic rings. The molecule has 194 valence electrons. The zero-order valence-corrected chi connectivity index (χ0v) is 23.7. The zero-order valence-electron chi connectivity index (χ0n) is 21.9. The van der Waals surface area contributed by atoms with Crippen LogP contribution in [0.25, 0.3) is 11.1 Å². The van der Waals surface area contributed by atoms with Crippen molar-refractivity contribution in [3.8, 4) is 22.6 Å². The molecule has 0 amide bonds. The van der Waals surface area contributed by atoms with Gasteiger partial charge in [0.25, 0.3) is 0 Å². The van der Waals surface area contributed by atoms with Crippen LogP contribution < -0.4 is 30.3 Å². The van der Waals surface area contributed by atoms with Gasteiger partial charge in [-0.25, -0.2) is 0 Å². The molecule has 2 nitrogen and oxygen atoms in total. The summed E-state index contributed by atoms with van der Waals surface area (Å²) in [5.74, 6) is 1.72. The summed E-state index contributed by atoms with van der Waals surface area (Å²) >= 11 is 0. The van der Waals surface area contributed by atoms with E-state index in [1.165, 1.54) is 21.2 Å². The standard InChI is InChI=1S/C36H28O2P2/c1-5-13-33(14-6-1)39(34-15-7-2-8-16-34)37-31-25-21-29(22-26-31)30-23-27-32(28-24-30)38-40(35-17-9-3-10-18-35)36-19-11-4-12-20-36/h1-28H. The number of rotatable bonds is 9. The normalized spacial score (nSPS) is 10.9. The molecule has 4 heteroatoms. The molecular weight excluding hydrogens is 526 g/mol. The Bertz CT molecular complexity index is 1400. The first-order chi connectivity index (χ1) is 19.8. The number of hydrogen-bond acceptors (Lipinski definition) is 2. The maximum atomic E-state index is 6.57. The van der Waals surface area contributed by atoms with Crippen LogP contribution in [0.4, 0.5) is 0 Å². The Hall–Kier alpha value is -4.22. The van der Waals surface area contributed by atoms with E-state index in [4.69, 9.17) is 9.05 Å². The van der Waals surface area contributed by atoms with Gasteiger partial charge in [0.15, 0.2) is 16.3 Å². The highest BCUT2D eigenvalue weighted by Crippen LogP contribution is 2.39. The Kier molecular flexibility index (Phi) is 8.30. The highest BCUT2D eigenvalue weighted by atomic mass is 31.1. The molecule has 0 aliphatic carbocycles. The molecule has 0 heterocycles. The Labute approximate surface area is 238 Å². The lowest BCUT2D eigenvalue weighted by Crippen LogP contribution is -2.15. The third-order valence-corrected chi connectivity index (χ3v) is 10.3. The van der Waals surface area contributed by atoms with Gasteiger partial charge in [-0.15, -0.1) is 0 Å². The Balaban J connectivity index is 1.19. The summed E-state index contributed by atoms with van der Waals surface area (Å²) in [4.78, 5) is 0. The molecule has 6 aromatic rings. The van der Waals surface area contributed by atoms with Crippen molar-refractivity contribution < 1.29 is 9.05 Å². The highest BCUT2D eigenvalue weighted by Gasteiger charge is 2.18. The smallest absolute Gasteiger partial charge is 0.150 e. The van der Waals surface area contributed by atoms with Crippen LogP contribution in [0.1, 0.15) is 0 Å². The van der Waals surface area contributed by atoms with Gasteiger partial charge in [-0.05, 0) is 35.4 Å². The van der Waals surface area contributed by atoms with Crippen LogP contribution in [-0.4, -0.2) is 0 Å². The van der Waals surface area contributed by atoms with Crippen molar-refractivity contribution in [3.63, 3.8) is 0 Å². The van der Waals surface area contributed by atoms with Gasteiger partial charge >= 0.3 is 0 Å². The van der Waals surface area contributed by atoms with Crippen molar-refractivity contribution in [1.82, 2.24) is 0 Å². The van der Waals surface area contributed by atoms with Gasteiger partial charge in [-0.3, -0.25) is 0 Å². The molecular formula is C36H28O2P2. The van der Waals surface area contributed by atoms with E-state index in [1.807, 2.05) is 24.3 Å². The molecule has 0 radical (unpaired) electrons. The van der Waals surface area contributed by atoms with E-state index in [0.717, 1.165) is 22.6 Å². The zero-order chi connectivity index (χ0) is 27.0. The minimum Gasteiger partial charge on any atom is -0.464 e. The van der Waals surface area contributed by atoms with Crippen molar-refractivity contribution in [3.05, 3.63) is 170 Å². The fourth-order valence-electron chi connectivity index (χ4n) is 4.39. The largest absolute Gasteiger partial charge is 0.464 e. The molecule has 0 aliphatic heterocycles. The van der Waals surface area contributed by atoms with Crippen LogP contribution in [0.2, 0.25) is 0 Å². The first-order valence-electron chi connectivity index (χ1n) is 13.2. The van der Waals surface area contributed by atoms with Crippen LogP contribution >= 0.6 is 16.3 Å². The number of benzene rings is 6. The summed E-state index contributed by atoms with van der Waals surface area (Å²) in [5.41, 5.74) is 2.27. The van der Waals surface area contributed by atoms with Crippen LogP contribution in [0.3, 0.4) is 0 Å². The monoisotopic (exact) mass is 554 g/mol. The predicted molar refractivity (Wildman–Crippen MR) is 171 cm³/mol. The fraction of sp³-hybridized carbons (Fsp3) is 0. The Morgan fingerprint density at radius 2 is 0.525 bits per heavy atom. The molecule has 0 atom stereocenters. The number of hydrogen-bond donors (Lipinski definition) is 0. The third-order valence-electron chi connectivity index (χ3n) is 6.40. The molecule has 6 aromatic carbocycles. The molecule has 0 saturated heterocycles. The van der Waals surface area contributed by atoms with Gasteiger partial charge in [0.05, 0.1) is 0 Å². The molecule has 0 spiro atoms. The van der Waals surface area contributed by atoms with Gasteiger partial charge in [0.1, 0.15) is 11.5 Å². The van der Waals surface area contributed by atoms with E-state index in [1.54, 1.807) is 0 Å².